The maximum absolute atomic E-state index is 13.1. The molecule has 3 heterocycles. The van der Waals surface area contributed by atoms with E-state index in [0.29, 0.717) is 18.3 Å². The second-order valence-electron chi connectivity index (χ2n) is 9.21. The first kappa shape index (κ1) is 24.0. The summed E-state index contributed by atoms with van der Waals surface area (Å²) in [6.07, 6.45) is 8.85. The zero-order valence-corrected chi connectivity index (χ0v) is 20.4. The molecule has 2 aliphatic rings. The molecular formula is C27H32FN7O. The van der Waals surface area contributed by atoms with E-state index >= 15 is 0 Å². The molecule has 1 N–H and O–H groups in total. The summed E-state index contributed by atoms with van der Waals surface area (Å²) < 4.78 is 19.0. The van der Waals surface area contributed by atoms with Crippen LogP contribution in [0.3, 0.4) is 0 Å². The molecule has 0 aliphatic carbocycles. The van der Waals surface area contributed by atoms with Gasteiger partial charge in [-0.05, 0) is 73.9 Å². The third-order valence-electron chi connectivity index (χ3n) is 6.44. The number of ether oxygens (including phenoxy) is 1. The van der Waals surface area contributed by atoms with Gasteiger partial charge >= 0.3 is 0 Å². The highest BCUT2D eigenvalue weighted by Crippen LogP contribution is 2.22. The number of piperidine rings is 2. The summed E-state index contributed by atoms with van der Waals surface area (Å²) in [6, 6.07) is 13.9. The van der Waals surface area contributed by atoms with Crippen LogP contribution in [0.4, 0.5) is 22.2 Å². The molecule has 3 aromatic rings. The van der Waals surface area contributed by atoms with E-state index in [-0.39, 0.29) is 5.82 Å². The highest BCUT2D eigenvalue weighted by Gasteiger charge is 2.20. The number of anilines is 3. The van der Waals surface area contributed by atoms with Crippen LogP contribution in [0.2, 0.25) is 0 Å². The van der Waals surface area contributed by atoms with Crippen molar-refractivity contribution in [2.24, 2.45) is 5.10 Å². The van der Waals surface area contributed by atoms with Gasteiger partial charge in [0.1, 0.15) is 18.2 Å². The van der Waals surface area contributed by atoms with Crippen LogP contribution >= 0.6 is 0 Å². The molecule has 9 heteroatoms. The molecule has 0 atom stereocenters. The lowest BCUT2D eigenvalue weighted by molar-refractivity contribution is 0.306. The number of hydrazone groups is 1. The Hall–Kier alpha value is -3.75. The van der Waals surface area contributed by atoms with E-state index in [1.807, 2.05) is 24.3 Å². The average molecular weight is 490 g/mol. The van der Waals surface area contributed by atoms with Crippen LogP contribution in [0.15, 0.2) is 53.6 Å². The van der Waals surface area contributed by atoms with Gasteiger partial charge < -0.3 is 14.5 Å². The topological polar surface area (TPSA) is 78.8 Å². The van der Waals surface area contributed by atoms with Crippen LogP contribution in [0.25, 0.3) is 0 Å². The van der Waals surface area contributed by atoms with Crippen molar-refractivity contribution >= 4 is 24.1 Å². The van der Waals surface area contributed by atoms with E-state index < -0.39 is 0 Å². The summed E-state index contributed by atoms with van der Waals surface area (Å²) in [7, 11) is 0. The zero-order chi connectivity index (χ0) is 24.6. The Kier molecular flexibility index (Phi) is 7.85. The average Bonchev–Trinajstić information content (AvgIpc) is 2.94. The van der Waals surface area contributed by atoms with Crippen molar-refractivity contribution in [3.05, 3.63) is 65.5 Å². The first-order valence-corrected chi connectivity index (χ1v) is 12.8. The van der Waals surface area contributed by atoms with Gasteiger partial charge in [-0.3, -0.25) is 0 Å². The molecular weight excluding hydrogens is 457 g/mol. The fourth-order valence-corrected chi connectivity index (χ4v) is 4.47. The molecule has 2 aromatic carbocycles. The summed E-state index contributed by atoms with van der Waals surface area (Å²) in [5.74, 6) is 2.35. The van der Waals surface area contributed by atoms with Crippen molar-refractivity contribution in [2.75, 3.05) is 41.4 Å². The number of halogens is 1. The first-order chi connectivity index (χ1) is 17.7. The highest BCUT2D eigenvalue weighted by atomic mass is 19.1. The molecule has 2 saturated heterocycles. The van der Waals surface area contributed by atoms with Gasteiger partial charge in [-0.1, -0.05) is 24.3 Å². The van der Waals surface area contributed by atoms with E-state index in [2.05, 4.69) is 30.3 Å². The van der Waals surface area contributed by atoms with Crippen molar-refractivity contribution in [1.82, 2.24) is 15.0 Å². The third kappa shape index (κ3) is 6.47. The van der Waals surface area contributed by atoms with Gasteiger partial charge in [0.15, 0.2) is 0 Å². The van der Waals surface area contributed by atoms with Gasteiger partial charge in [0.05, 0.1) is 6.21 Å². The number of hydrogen-bond donors (Lipinski definition) is 1. The Balaban J connectivity index is 1.26. The van der Waals surface area contributed by atoms with Crippen molar-refractivity contribution in [3.63, 3.8) is 0 Å². The number of nitrogens with one attached hydrogen (secondary N) is 1. The zero-order valence-electron chi connectivity index (χ0n) is 20.4. The van der Waals surface area contributed by atoms with Crippen molar-refractivity contribution in [2.45, 2.75) is 45.1 Å². The largest absolute Gasteiger partial charge is 0.489 e. The third-order valence-corrected chi connectivity index (χ3v) is 6.44. The minimum Gasteiger partial charge on any atom is -0.489 e. The second kappa shape index (κ2) is 11.8. The van der Waals surface area contributed by atoms with Gasteiger partial charge in [-0.25, -0.2) is 9.82 Å². The quantitative estimate of drug-likeness (QED) is 0.352. The second-order valence-corrected chi connectivity index (χ2v) is 9.21. The summed E-state index contributed by atoms with van der Waals surface area (Å²) in [6.45, 7) is 4.24. The van der Waals surface area contributed by atoms with E-state index in [4.69, 9.17) is 9.72 Å². The maximum Gasteiger partial charge on any atom is 0.250 e. The number of nitrogens with zero attached hydrogens (tertiary/aromatic N) is 6. The van der Waals surface area contributed by atoms with Crippen LogP contribution in [-0.4, -0.2) is 47.3 Å². The molecule has 0 amide bonds. The Morgan fingerprint density at radius 1 is 0.833 bits per heavy atom. The van der Waals surface area contributed by atoms with Crippen molar-refractivity contribution in [3.8, 4) is 5.75 Å². The smallest absolute Gasteiger partial charge is 0.250 e. The van der Waals surface area contributed by atoms with Gasteiger partial charge in [-0.2, -0.15) is 20.1 Å². The summed E-state index contributed by atoms with van der Waals surface area (Å²) in [5, 5.41) is 4.39. The lowest BCUT2D eigenvalue weighted by Gasteiger charge is -2.30. The number of benzene rings is 2. The maximum atomic E-state index is 13.1. The molecule has 2 fully saturated rings. The van der Waals surface area contributed by atoms with Gasteiger partial charge in [0.25, 0.3) is 0 Å². The van der Waals surface area contributed by atoms with Crippen molar-refractivity contribution in [1.29, 1.82) is 0 Å². The molecule has 0 spiro atoms. The minimum atomic E-state index is -0.256. The van der Waals surface area contributed by atoms with E-state index in [0.717, 1.165) is 74.9 Å². The predicted molar refractivity (Wildman–Crippen MR) is 140 cm³/mol. The molecule has 188 valence electrons. The Morgan fingerprint density at radius 2 is 1.47 bits per heavy atom. The fourth-order valence-electron chi connectivity index (χ4n) is 4.47. The van der Waals surface area contributed by atoms with E-state index in [9.17, 15) is 4.39 Å². The molecule has 0 unspecified atom stereocenters. The Bertz CT molecular complexity index is 1120. The first-order valence-electron chi connectivity index (χ1n) is 12.8. The number of hydrogen-bond acceptors (Lipinski definition) is 8. The molecule has 0 saturated carbocycles. The number of rotatable bonds is 8. The molecule has 1 aromatic heterocycles. The van der Waals surface area contributed by atoms with E-state index in [1.54, 1.807) is 18.3 Å². The standard InChI is InChI=1S/C27H32FN7O/c28-23-12-10-21(11-13-23)20-36-24-9-7-8-22(18-24)19-29-33-25-30-26(34-14-3-1-4-15-34)32-27(31-25)35-16-5-2-6-17-35/h7-13,18-19H,1-6,14-17,20H2,(H,30,31,32,33)/b29-19-. The van der Waals surface area contributed by atoms with Crippen LogP contribution in [-0.2, 0) is 6.61 Å². The lowest BCUT2D eigenvalue weighted by atomic mass is 10.1. The highest BCUT2D eigenvalue weighted by molar-refractivity contribution is 5.80. The van der Waals surface area contributed by atoms with Crippen LogP contribution in [0.1, 0.15) is 49.7 Å². The molecule has 8 nitrogen and oxygen atoms in total. The van der Waals surface area contributed by atoms with Gasteiger partial charge in [-0.15, -0.1) is 0 Å². The molecule has 36 heavy (non-hydrogen) atoms. The molecule has 0 radical (unpaired) electrons. The van der Waals surface area contributed by atoms with E-state index in [1.165, 1.54) is 25.0 Å². The monoisotopic (exact) mass is 489 g/mol. The minimum absolute atomic E-state index is 0.256. The summed E-state index contributed by atoms with van der Waals surface area (Å²) in [5.41, 5.74) is 4.79. The molecule has 2 aliphatic heterocycles. The summed E-state index contributed by atoms with van der Waals surface area (Å²) in [4.78, 5) is 18.6. The van der Waals surface area contributed by atoms with Gasteiger partial charge in [0.2, 0.25) is 17.8 Å². The summed E-state index contributed by atoms with van der Waals surface area (Å²) >= 11 is 0. The lowest BCUT2D eigenvalue weighted by Crippen LogP contribution is -2.34. The normalized spacial score (nSPS) is 16.4. The van der Waals surface area contributed by atoms with Crippen LogP contribution in [0, 0.1) is 5.82 Å². The predicted octanol–water partition coefficient (Wildman–Crippen LogP) is 5.02. The van der Waals surface area contributed by atoms with Crippen LogP contribution in [0.5, 0.6) is 5.75 Å². The Morgan fingerprint density at radius 3 is 2.11 bits per heavy atom. The molecule has 5 rings (SSSR count). The van der Waals surface area contributed by atoms with Crippen molar-refractivity contribution < 1.29 is 9.13 Å². The fraction of sp³-hybridized carbons (Fsp3) is 0.407. The van der Waals surface area contributed by atoms with Gasteiger partial charge in [0, 0.05) is 26.2 Å². The SMILES string of the molecule is Fc1ccc(COc2cccc(/C=N\Nc3nc(N4CCCCC4)nc(N4CCCCC4)n3)c2)cc1. The number of aromatic nitrogens is 3. The molecule has 0 bridgehead atoms. The van der Waals surface area contributed by atoms with Crippen LogP contribution < -0.4 is 20.0 Å². The Labute approximate surface area is 211 Å².